The second-order valence-corrected chi connectivity index (χ2v) is 9.89. The van der Waals surface area contributed by atoms with Crippen molar-refractivity contribution in [2.24, 2.45) is 7.05 Å². The van der Waals surface area contributed by atoms with Crippen molar-refractivity contribution in [1.29, 1.82) is 0 Å². The van der Waals surface area contributed by atoms with Gasteiger partial charge >= 0.3 is 0 Å². The number of nitrogens with one attached hydrogen (secondary N) is 1. The van der Waals surface area contributed by atoms with Crippen molar-refractivity contribution in [3.8, 4) is 5.75 Å². The maximum absolute atomic E-state index is 13.7. The number of nitrogens with zero attached hydrogens (tertiary/aromatic N) is 2. The summed E-state index contributed by atoms with van der Waals surface area (Å²) in [6, 6.07) is 15.0. The standard InChI is InChI=1S/C27H33N3O4S/c1-18(2)34-14-8-13-28-26(32)25-24-21-11-5-6-12-22(21)29(3)27(24)35-17-23(31)30(25)16-19-9-7-10-20(15-19)33-4/h5-7,9-12,15,18,25H,8,13-14,16-17H2,1-4H3,(H,28,32). The van der Waals surface area contributed by atoms with Crippen LogP contribution < -0.4 is 10.1 Å². The van der Waals surface area contributed by atoms with Crippen LogP contribution in [0.25, 0.3) is 10.9 Å². The molecule has 0 saturated carbocycles. The fourth-order valence-electron chi connectivity index (χ4n) is 4.47. The maximum Gasteiger partial charge on any atom is 0.247 e. The number of ether oxygens (including phenoxy) is 2. The Morgan fingerprint density at radius 1 is 1.20 bits per heavy atom. The number of carbonyl (C=O) groups excluding carboxylic acids is 2. The van der Waals surface area contributed by atoms with Crippen LogP contribution in [0.4, 0.5) is 0 Å². The molecule has 0 aliphatic carbocycles. The molecule has 0 fully saturated rings. The van der Waals surface area contributed by atoms with Crippen LogP contribution in [0.15, 0.2) is 53.6 Å². The number of fused-ring (bicyclic) bond motifs is 3. The number of benzene rings is 2. The van der Waals surface area contributed by atoms with Crippen LogP contribution in [0.5, 0.6) is 5.75 Å². The Morgan fingerprint density at radius 2 is 2.00 bits per heavy atom. The van der Waals surface area contributed by atoms with Gasteiger partial charge in [0.1, 0.15) is 11.8 Å². The van der Waals surface area contributed by atoms with E-state index in [0.29, 0.717) is 26.1 Å². The number of para-hydroxylation sites is 1. The van der Waals surface area contributed by atoms with Crippen molar-refractivity contribution in [3.63, 3.8) is 0 Å². The minimum absolute atomic E-state index is 0.0682. The van der Waals surface area contributed by atoms with E-state index >= 15 is 0 Å². The molecular weight excluding hydrogens is 462 g/mol. The molecule has 1 aromatic heterocycles. The molecule has 1 aliphatic rings. The third-order valence-electron chi connectivity index (χ3n) is 6.14. The molecule has 186 valence electrons. The summed E-state index contributed by atoms with van der Waals surface area (Å²) in [5.74, 6) is 0.746. The zero-order valence-corrected chi connectivity index (χ0v) is 21.6. The Hall–Kier alpha value is -2.97. The van der Waals surface area contributed by atoms with Gasteiger partial charge in [0.25, 0.3) is 0 Å². The molecule has 0 spiro atoms. The third-order valence-corrected chi connectivity index (χ3v) is 7.29. The monoisotopic (exact) mass is 495 g/mol. The number of hydrogen-bond donors (Lipinski definition) is 1. The second-order valence-electron chi connectivity index (χ2n) is 8.92. The molecule has 2 amide bonds. The van der Waals surface area contributed by atoms with Crippen molar-refractivity contribution >= 4 is 34.5 Å². The largest absolute Gasteiger partial charge is 0.497 e. The highest BCUT2D eigenvalue weighted by molar-refractivity contribution is 8.00. The van der Waals surface area contributed by atoms with E-state index in [2.05, 4.69) is 16.0 Å². The average Bonchev–Trinajstić information content (AvgIpc) is 3.04. The van der Waals surface area contributed by atoms with Gasteiger partial charge in [-0.25, -0.2) is 0 Å². The molecule has 2 heterocycles. The molecule has 3 aromatic rings. The van der Waals surface area contributed by atoms with Crippen molar-refractivity contribution in [2.45, 2.75) is 44.0 Å². The second kappa shape index (κ2) is 11.2. The van der Waals surface area contributed by atoms with Crippen molar-refractivity contribution < 1.29 is 19.1 Å². The summed E-state index contributed by atoms with van der Waals surface area (Å²) in [5, 5.41) is 5.02. The summed E-state index contributed by atoms with van der Waals surface area (Å²) in [5.41, 5.74) is 2.84. The first kappa shape index (κ1) is 25.1. The van der Waals surface area contributed by atoms with Crippen molar-refractivity contribution in [1.82, 2.24) is 14.8 Å². The summed E-state index contributed by atoms with van der Waals surface area (Å²) in [6.07, 6.45) is 0.858. The van der Waals surface area contributed by atoms with Crippen LogP contribution >= 0.6 is 11.8 Å². The summed E-state index contributed by atoms with van der Waals surface area (Å²) >= 11 is 1.50. The van der Waals surface area contributed by atoms with Gasteiger partial charge in [-0.15, -0.1) is 0 Å². The third kappa shape index (κ3) is 5.49. The minimum atomic E-state index is -0.740. The zero-order chi connectivity index (χ0) is 24.9. The fraction of sp³-hybridized carbons (Fsp3) is 0.407. The molecule has 0 saturated heterocycles. The van der Waals surface area contributed by atoms with E-state index in [4.69, 9.17) is 9.47 Å². The van der Waals surface area contributed by atoms with Crippen LogP contribution in [0.2, 0.25) is 0 Å². The number of thioether (sulfide) groups is 1. The lowest BCUT2D eigenvalue weighted by Gasteiger charge is -2.30. The quantitative estimate of drug-likeness (QED) is 0.448. The maximum atomic E-state index is 13.7. The number of aromatic nitrogens is 1. The highest BCUT2D eigenvalue weighted by Gasteiger charge is 2.38. The van der Waals surface area contributed by atoms with Gasteiger partial charge in [0.2, 0.25) is 11.8 Å². The number of aryl methyl sites for hydroxylation is 1. The lowest BCUT2D eigenvalue weighted by atomic mass is 10.0. The van der Waals surface area contributed by atoms with Crippen LogP contribution in [-0.2, 0) is 27.9 Å². The first-order valence-corrected chi connectivity index (χ1v) is 12.9. The van der Waals surface area contributed by atoms with Crippen molar-refractivity contribution in [2.75, 3.05) is 26.0 Å². The van der Waals surface area contributed by atoms with Gasteiger partial charge < -0.3 is 24.3 Å². The lowest BCUT2D eigenvalue weighted by molar-refractivity contribution is -0.139. The molecular formula is C27H33N3O4S. The summed E-state index contributed by atoms with van der Waals surface area (Å²) < 4.78 is 13.1. The zero-order valence-electron chi connectivity index (χ0n) is 20.7. The lowest BCUT2D eigenvalue weighted by Crippen LogP contribution is -2.43. The molecule has 4 rings (SSSR count). The van der Waals surface area contributed by atoms with Gasteiger partial charge in [-0.1, -0.05) is 42.1 Å². The van der Waals surface area contributed by atoms with Gasteiger partial charge in [0.05, 0.1) is 24.0 Å². The smallest absolute Gasteiger partial charge is 0.247 e. The van der Waals surface area contributed by atoms with Gasteiger partial charge in [-0.3, -0.25) is 9.59 Å². The molecule has 0 bridgehead atoms. The highest BCUT2D eigenvalue weighted by Crippen LogP contribution is 2.42. The van der Waals surface area contributed by atoms with Crippen molar-refractivity contribution in [3.05, 3.63) is 59.7 Å². The van der Waals surface area contributed by atoms with E-state index in [1.54, 1.807) is 12.0 Å². The predicted octanol–water partition coefficient (Wildman–Crippen LogP) is 4.29. The van der Waals surface area contributed by atoms with Gasteiger partial charge in [0.15, 0.2) is 0 Å². The van der Waals surface area contributed by atoms with E-state index in [0.717, 1.165) is 32.8 Å². The Labute approximate surface area is 210 Å². The molecule has 1 atom stereocenters. The number of rotatable bonds is 9. The number of methoxy groups -OCH3 is 1. The predicted molar refractivity (Wildman–Crippen MR) is 139 cm³/mol. The molecule has 1 N–H and O–H groups in total. The Bertz CT molecular complexity index is 1210. The van der Waals surface area contributed by atoms with Crippen LogP contribution in [0.1, 0.15) is 37.4 Å². The fourth-order valence-corrected chi connectivity index (χ4v) is 5.56. The van der Waals surface area contributed by atoms with Gasteiger partial charge in [-0.2, -0.15) is 0 Å². The number of amides is 2. The normalized spacial score (nSPS) is 15.9. The van der Waals surface area contributed by atoms with Crippen LogP contribution in [0.3, 0.4) is 0 Å². The van der Waals surface area contributed by atoms with E-state index in [1.807, 2.05) is 63.4 Å². The molecule has 35 heavy (non-hydrogen) atoms. The Kier molecular flexibility index (Phi) is 8.03. The summed E-state index contributed by atoms with van der Waals surface area (Å²) in [7, 11) is 3.61. The number of carbonyl (C=O) groups is 2. The summed E-state index contributed by atoms with van der Waals surface area (Å²) in [4.78, 5) is 28.9. The molecule has 8 heteroatoms. The molecule has 1 unspecified atom stereocenters. The van der Waals surface area contributed by atoms with Crippen LogP contribution in [-0.4, -0.2) is 53.4 Å². The molecule has 1 aliphatic heterocycles. The van der Waals surface area contributed by atoms with E-state index in [-0.39, 0.29) is 23.7 Å². The minimum Gasteiger partial charge on any atom is -0.497 e. The topological polar surface area (TPSA) is 72.8 Å². The SMILES string of the molecule is COc1cccc(CN2C(=O)CSc3c(c4ccccc4n3C)C2C(=O)NCCCOC(C)C)c1. The van der Waals surface area contributed by atoms with Gasteiger partial charge in [-0.05, 0) is 44.0 Å². The average molecular weight is 496 g/mol. The van der Waals surface area contributed by atoms with Gasteiger partial charge in [0, 0.05) is 43.2 Å². The van der Waals surface area contributed by atoms with Crippen LogP contribution in [0, 0.1) is 0 Å². The molecule has 7 nitrogen and oxygen atoms in total. The Balaban J connectivity index is 1.71. The molecule has 0 radical (unpaired) electrons. The molecule has 2 aromatic carbocycles. The summed E-state index contributed by atoms with van der Waals surface area (Å²) in [6.45, 7) is 5.35. The highest BCUT2D eigenvalue weighted by atomic mass is 32.2. The van der Waals surface area contributed by atoms with E-state index in [1.165, 1.54) is 11.8 Å². The van der Waals surface area contributed by atoms with E-state index in [9.17, 15) is 9.59 Å². The first-order chi connectivity index (χ1) is 16.9. The first-order valence-electron chi connectivity index (χ1n) is 11.9. The van der Waals surface area contributed by atoms with E-state index < -0.39 is 6.04 Å². The number of hydrogen-bond acceptors (Lipinski definition) is 5. The Morgan fingerprint density at radius 3 is 2.77 bits per heavy atom.